The number of hydrogen-bond acceptors (Lipinski definition) is 2. The van der Waals surface area contributed by atoms with Gasteiger partial charge in [0.05, 0.1) is 0 Å². The van der Waals surface area contributed by atoms with E-state index in [1.54, 1.807) is 14.2 Å². The lowest BCUT2D eigenvalue weighted by molar-refractivity contribution is -0.0429. The van der Waals surface area contributed by atoms with Crippen LogP contribution in [0.1, 0.15) is 0 Å². The number of hydrogen-bond donors (Lipinski definition) is 0. The van der Waals surface area contributed by atoms with Crippen molar-refractivity contribution in [3.05, 3.63) is 54.6 Å². The SMILES string of the molecule is COC(OC)[SiH2]c1ccc(-c2ccccc2)cc1. The summed E-state index contributed by atoms with van der Waals surface area (Å²) in [6, 6.07) is 19.1. The van der Waals surface area contributed by atoms with Crippen LogP contribution >= 0.6 is 0 Å². The van der Waals surface area contributed by atoms with Gasteiger partial charge in [-0.15, -0.1) is 0 Å². The lowest BCUT2D eigenvalue weighted by Crippen LogP contribution is -2.30. The van der Waals surface area contributed by atoms with E-state index in [0.717, 1.165) is 0 Å². The molecule has 0 N–H and O–H groups in total. The highest BCUT2D eigenvalue weighted by molar-refractivity contribution is 6.54. The van der Waals surface area contributed by atoms with Crippen LogP contribution in [0.5, 0.6) is 0 Å². The van der Waals surface area contributed by atoms with Crippen LogP contribution in [0.2, 0.25) is 0 Å². The Bertz CT molecular complexity index is 464. The largest absolute Gasteiger partial charge is 0.360 e. The van der Waals surface area contributed by atoms with Gasteiger partial charge in [-0.05, 0) is 11.1 Å². The number of methoxy groups -OCH3 is 2. The van der Waals surface area contributed by atoms with Crippen molar-refractivity contribution in [2.75, 3.05) is 14.2 Å². The molecule has 0 atom stereocenters. The molecule has 0 spiro atoms. The van der Waals surface area contributed by atoms with Crippen LogP contribution in [0.25, 0.3) is 11.1 Å². The molecule has 0 aliphatic carbocycles. The normalized spacial score (nSPS) is 11.5. The van der Waals surface area contributed by atoms with Gasteiger partial charge in [0.1, 0.15) is 15.4 Å². The van der Waals surface area contributed by atoms with Crippen molar-refractivity contribution in [3.8, 4) is 11.1 Å². The summed E-state index contributed by atoms with van der Waals surface area (Å²) >= 11 is 0. The third-order valence-electron chi connectivity index (χ3n) is 2.99. The summed E-state index contributed by atoms with van der Waals surface area (Å²) in [4.78, 5) is 0. The third-order valence-corrected chi connectivity index (χ3v) is 4.93. The van der Waals surface area contributed by atoms with Gasteiger partial charge < -0.3 is 9.47 Å². The predicted molar refractivity (Wildman–Crippen MR) is 77.9 cm³/mol. The Morgan fingerprint density at radius 1 is 0.778 bits per heavy atom. The average molecular weight is 258 g/mol. The lowest BCUT2D eigenvalue weighted by Gasteiger charge is -2.12. The van der Waals surface area contributed by atoms with Crippen LogP contribution in [0.15, 0.2) is 54.6 Å². The van der Waals surface area contributed by atoms with Gasteiger partial charge >= 0.3 is 0 Å². The first-order valence-corrected chi connectivity index (χ1v) is 7.56. The molecular weight excluding hydrogens is 240 g/mol. The second-order valence-electron chi connectivity index (χ2n) is 4.17. The Balaban J connectivity index is 2.11. The molecule has 0 radical (unpaired) electrons. The van der Waals surface area contributed by atoms with Gasteiger partial charge in [-0.3, -0.25) is 0 Å². The average Bonchev–Trinajstić information content (AvgIpc) is 2.46. The fourth-order valence-corrected chi connectivity index (χ4v) is 3.15. The molecule has 0 unspecified atom stereocenters. The molecule has 0 bridgehead atoms. The predicted octanol–water partition coefficient (Wildman–Crippen LogP) is 1.72. The maximum Gasteiger partial charge on any atom is 0.139 e. The van der Waals surface area contributed by atoms with E-state index in [-0.39, 0.29) is 5.91 Å². The molecule has 0 fully saturated rings. The molecule has 2 aromatic rings. The van der Waals surface area contributed by atoms with Crippen molar-refractivity contribution < 1.29 is 9.47 Å². The molecule has 0 saturated carbocycles. The van der Waals surface area contributed by atoms with E-state index in [9.17, 15) is 0 Å². The second kappa shape index (κ2) is 6.49. The van der Waals surface area contributed by atoms with Crippen LogP contribution in [0.3, 0.4) is 0 Å². The highest BCUT2D eigenvalue weighted by Gasteiger charge is 2.07. The standard InChI is InChI=1S/C15H18O2Si/c1-16-15(17-2)18-14-10-8-13(9-11-14)12-6-4-3-5-7-12/h3-11,15H,18H2,1-2H3. The summed E-state index contributed by atoms with van der Waals surface area (Å²) in [5.41, 5.74) is 2.50. The Morgan fingerprint density at radius 3 is 1.89 bits per heavy atom. The van der Waals surface area contributed by atoms with Gasteiger partial charge in [-0.2, -0.15) is 0 Å². The van der Waals surface area contributed by atoms with Gasteiger partial charge in [0.25, 0.3) is 0 Å². The Labute approximate surface area is 110 Å². The van der Waals surface area contributed by atoms with Gasteiger partial charge in [0.2, 0.25) is 0 Å². The molecule has 0 heterocycles. The summed E-state index contributed by atoms with van der Waals surface area (Å²) < 4.78 is 10.5. The first-order chi connectivity index (χ1) is 8.83. The molecule has 0 saturated heterocycles. The Hall–Kier alpha value is -1.42. The molecular formula is C15H18O2Si. The first-order valence-electron chi connectivity index (χ1n) is 6.03. The Kier molecular flexibility index (Phi) is 4.70. The number of benzene rings is 2. The van der Waals surface area contributed by atoms with Crippen molar-refractivity contribution in [2.45, 2.75) is 5.91 Å². The molecule has 0 aliphatic heterocycles. The highest BCUT2D eigenvalue weighted by Crippen LogP contribution is 2.16. The summed E-state index contributed by atoms with van der Waals surface area (Å²) in [6.07, 6.45) is 0. The summed E-state index contributed by atoms with van der Waals surface area (Å²) in [5.74, 6) is -0.0347. The molecule has 0 aliphatic rings. The van der Waals surface area contributed by atoms with E-state index in [0.29, 0.717) is 0 Å². The van der Waals surface area contributed by atoms with E-state index >= 15 is 0 Å². The second-order valence-corrected chi connectivity index (χ2v) is 6.06. The van der Waals surface area contributed by atoms with Crippen molar-refractivity contribution in [2.24, 2.45) is 0 Å². The zero-order valence-corrected chi connectivity index (χ0v) is 12.2. The molecule has 94 valence electrons. The van der Waals surface area contributed by atoms with Crippen molar-refractivity contribution in [1.29, 1.82) is 0 Å². The monoisotopic (exact) mass is 258 g/mol. The van der Waals surface area contributed by atoms with Crippen LogP contribution in [0, 0.1) is 0 Å². The molecule has 2 nitrogen and oxygen atoms in total. The summed E-state index contributed by atoms with van der Waals surface area (Å²) in [7, 11) is 2.85. The lowest BCUT2D eigenvalue weighted by atomic mass is 10.1. The molecule has 3 heteroatoms. The fourth-order valence-electron chi connectivity index (χ4n) is 1.92. The zero-order chi connectivity index (χ0) is 12.8. The van der Waals surface area contributed by atoms with Crippen molar-refractivity contribution in [3.63, 3.8) is 0 Å². The minimum atomic E-state index is -0.538. The van der Waals surface area contributed by atoms with Crippen LogP contribution in [0.4, 0.5) is 0 Å². The number of rotatable bonds is 5. The van der Waals surface area contributed by atoms with Gasteiger partial charge in [0.15, 0.2) is 0 Å². The number of ether oxygens (including phenoxy) is 2. The molecule has 18 heavy (non-hydrogen) atoms. The fraction of sp³-hybridized carbons (Fsp3) is 0.200. The highest BCUT2D eigenvalue weighted by atomic mass is 28.2. The van der Waals surface area contributed by atoms with Crippen molar-refractivity contribution in [1.82, 2.24) is 0 Å². The van der Waals surface area contributed by atoms with Crippen molar-refractivity contribution >= 4 is 14.7 Å². The summed E-state index contributed by atoms with van der Waals surface area (Å²) in [6.45, 7) is 0. The zero-order valence-electron chi connectivity index (χ0n) is 10.8. The minimum Gasteiger partial charge on any atom is -0.360 e. The quantitative estimate of drug-likeness (QED) is 0.600. The summed E-state index contributed by atoms with van der Waals surface area (Å²) in [5, 5.41) is 1.35. The topological polar surface area (TPSA) is 18.5 Å². The van der Waals surface area contributed by atoms with E-state index in [4.69, 9.17) is 9.47 Å². The maximum absolute atomic E-state index is 5.26. The molecule has 0 amide bonds. The van der Waals surface area contributed by atoms with Crippen LogP contribution in [-0.4, -0.2) is 29.7 Å². The van der Waals surface area contributed by atoms with Crippen LogP contribution in [-0.2, 0) is 9.47 Å². The smallest absolute Gasteiger partial charge is 0.139 e. The van der Waals surface area contributed by atoms with E-state index < -0.39 is 9.52 Å². The molecule has 0 aromatic heterocycles. The minimum absolute atomic E-state index is 0.0347. The molecule has 2 rings (SSSR count). The van der Waals surface area contributed by atoms with Gasteiger partial charge in [0, 0.05) is 14.2 Å². The first kappa shape index (κ1) is 13.0. The molecule has 2 aromatic carbocycles. The Morgan fingerprint density at radius 2 is 1.33 bits per heavy atom. The van der Waals surface area contributed by atoms with E-state index in [1.807, 2.05) is 6.07 Å². The van der Waals surface area contributed by atoms with Gasteiger partial charge in [-0.25, -0.2) is 0 Å². The van der Waals surface area contributed by atoms with Crippen LogP contribution < -0.4 is 5.19 Å². The van der Waals surface area contributed by atoms with Gasteiger partial charge in [-0.1, -0.05) is 59.8 Å². The van der Waals surface area contributed by atoms with E-state index in [2.05, 4.69) is 48.5 Å². The van der Waals surface area contributed by atoms with E-state index in [1.165, 1.54) is 16.3 Å². The third kappa shape index (κ3) is 3.29. The maximum atomic E-state index is 5.26.